The van der Waals surface area contributed by atoms with Crippen molar-refractivity contribution in [2.24, 2.45) is 0 Å². The molecule has 0 saturated carbocycles. The van der Waals surface area contributed by atoms with Gasteiger partial charge in [-0.05, 0) is 54.7 Å². The summed E-state index contributed by atoms with van der Waals surface area (Å²) in [5.74, 6) is 0.855. The summed E-state index contributed by atoms with van der Waals surface area (Å²) in [6.07, 6.45) is 0. The van der Waals surface area contributed by atoms with E-state index in [9.17, 15) is 9.59 Å². The van der Waals surface area contributed by atoms with Crippen molar-refractivity contribution in [3.63, 3.8) is 0 Å². The molecule has 2 aromatic carbocycles. The van der Waals surface area contributed by atoms with Gasteiger partial charge in [-0.2, -0.15) is 0 Å². The third kappa shape index (κ3) is 7.02. The molecule has 6 heteroatoms. The largest absolute Gasteiger partial charge is 0.497 e. The van der Waals surface area contributed by atoms with Crippen molar-refractivity contribution in [1.29, 1.82) is 0 Å². The monoisotopic (exact) mass is 426 g/mol. The zero-order valence-corrected chi connectivity index (χ0v) is 19.4. The molecule has 168 valence electrons. The normalized spacial score (nSPS) is 12.1. The fraction of sp³-hybridized carbons (Fsp3) is 0.440. The van der Waals surface area contributed by atoms with Crippen LogP contribution in [-0.2, 0) is 21.5 Å². The highest BCUT2D eigenvalue weighted by molar-refractivity contribution is 5.87. The SMILES string of the molecule is CCNC(=O)C(C)N(Cc1cccc(OC)c1)C(=O)COc1ccc(C(C)(C)C)cc1. The van der Waals surface area contributed by atoms with Crippen molar-refractivity contribution < 1.29 is 19.1 Å². The molecule has 2 rings (SSSR count). The topological polar surface area (TPSA) is 67.9 Å². The van der Waals surface area contributed by atoms with Crippen molar-refractivity contribution >= 4 is 11.8 Å². The summed E-state index contributed by atoms with van der Waals surface area (Å²) in [6, 6.07) is 14.6. The van der Waals surface area contributed by atoms with Crippen molar-refractivity contribution in [3.05, 3.63) is 59.7 Å². The van der Waals surface area contributed by atoms with Gasteiger partial charge in [0, 0.05) is 13.1 Å². The molecule has 0 spiro atoms. The van der Waals surface area contributed by atoms with E-state index in [1.165, 1.54) is 10.5 Å². The molecule has 0 aliphatic rings. The zero-order chi connectivity index (χ0) is 23.0. The van der Waals surface area contributed by atoms with Crippen LogP contribution in [-0.4, -0.2) is 43.0 Å². The Morgan fingerprint density at radius 1 is 1.06 bits per heavy atom. The van der Waals surface area contributed by atoms with Gasteiger partial charge in [-0.1, -0.05) is 45.0 Å². The Labute approximate surface area is 185 Å². The second-order valence-electron chi connectivity index (χ2n) is 8.51. The van der Waals surface area contributed by atoms with Crippen LogP contribution in [0.3, 0.4) is 0 Å². The smallest absolute Gasteiger partial charge is 0.261 e. The third-order valence-electron chi connectivity index (χ3n) is 5.09. The lowest BCUT2D eigenvalue weighted by Crippen LogP contribution is -2.49. The fourth-order valence-corrected chi connectivity index (χ4v) is 3.15. The summed E-state index contributed by atoms with van der Waals surface area (Å²) in [5.41, 5.74) is 2.11. The Hall–Kier alpha value is -3.02. The number of carbonyl (C=O) groups is 2. The first-order valence-corrected chi connectivity index (χ1v) is 10.6. The molecule has 1 N–H and O–H groups in total. The molecular weight excluding hydrogens is 392 g/mol. The van der Waals surface area contributed by atoms with E-state index in [4.69, 9.17) is 9.47 Å². The number of benzene rings is 2. The van der Waals surface area contributed by atoms with Crippen molar-refractivity contribution in [2.75, 3.05) is 20.3 Å². The molecule has 1 unspecified atom stereocenters. The number of ether oxygens (including phenoxy) is 2. The highest BCUT2D eigenvalue weighted by Gasteiger charge is 2.26. The maximum absolute atomic E-state index is 13.0. The fourth-order valence-electron chi connectivity index (χ4n) is 3.15. The summed E-state index contributed by atoms with van der Waals surface area (Å²) >= 11 is 0. The Bertz CT molecular complexity index is 872. The van der Waals surface area contributed by atoms with Crippen LogP contribution < -0.4 is 14.8 Å². The van der Waals surface area contributed by atoms with Crippen LogP contribution >= 0.6 is 0 Å². The zero-order valence-electron chi connectivity index (χ0n) is 19.4. The van der Waals surface area contributed by atoms with E-state index in [2.05, 4.69) is 26.1 Å². The average Bonchev–Trinajstić information content (AvgIpc) is 2.75. The second-order valence-corrected chi connectivity index (χ2v) is 8.51. The number of amides is 2. The van der Waals surface area contributed by atoms with Gasteiger partial charge < -0.3 is 19.7 Å². The van der Waals surface area contributed by atoms with E-state index in [-0.39, 0.29) is 30.4 Å². The highest BCUT2D eigenvalue weighted by Crippen LogP contribution is 2.24. The third-order valence-corrected chi connectivity index (χ3v) is 5.09. The van der Waals surface area contributed by atoms with Gasteiger partial charge in [0.1, 0.15) is 17.5 Å². The molecule has 31 heavy (non-hydrogen) atoms. The van der Waals surface area contributed by atoms with Crippen molar-refractivity contribution in [1.82, 2.24) is 10.2 Å². The average molecular weight is 427 g/mol. The summed E-state index contributed by atoms with van der Waals surface area (Å²) in [4.78, 5) is 27.0. The number of nitrogens with one attached hydrogen (secondary N) is 1. The molecule has 0 radical (unpaired) electrons. The number of carbonyl (C=O) groups excluding carboxylic acids is 2. The molecule has 0 aliphatic carbocycles. The van der Waals surface area contributed by atoms with Gasteiger partial charge in [0.05, 0.1) is 7.11 Å². The highest BCUT2D eigenvalue weighted by atomic mass is 16.5. The number of methoxy groups -OCH3 is 1. The maximum Gasteiger partial charge on any atom is 0.261 e. The quantitative estimate of drug-likeness (QED) is 0.660. The Balaban J connectivity index is 2.14. The van der Waals surface area contributed by atoms with E-state index < -0.39 is 6.04 Å². The van der Waals surface area contributed by atoms with Gasteiger partial charge in [0.25, 0.3) is 5.91 Å². The molecule has 0 aliphatic heterocycles. The van der Waals surface area contributed by atoms with Gasteiger partial charge in [-0.3, -0.25) is 9.59 Å². The number of nitrogens with zero attached hydrogens (tertiary/aromatic N) is 1. The summed E-state index contributed by atoms with van der Waals surface area (Å²) < 4.78 is 11.0. The van der Waals surface area contributed by atoms with Crippen LogP contribution in [0.4, 0.5) is 0 Å². The van der Waals surface area contributed by atoms with Crippen LogP contribution in [0.25, 0.3) is 0 Å². The molecule has 2 aromatic rings. The number of likely N-dealkylation sites (N-methyl/N-ethyl adjacent to an activating group) is 1. The first-order chi connectivity index (χ1) is 14.7. The maximum atomic E-state index is 13.0. The molecule has 0 saturated heterocycles. The lowest BCUT2D eigenvalue weighted by Gasteiger charge is -2.28. The van der Waals surface area contributed by atoms with Crippen LogP contribution in [0.2, 0.25) is 0 Å². The molecule has 6 nitrogen and oxygen atoms in total. The molecule has 0 aromatic heterocycles. The minimum absolute atomic E-state index is 0.0456. The van der Waals surface area contributed by atoms with Gasteiger partial charge in [0.2, 0.25) is 5.91 Å². The van der Waals surface area contributed by atoms with E-state index in [0.29, 0.717) is 18.0 Å². The predicted octanol–water partition coefficient (Wildman–Crippen LogP) is 3.92. The molecule has 0 fully saturated rings. The standard InChI is InChI=1S/C25H34N2O4/c1-7-26-24(29)18(2)27(16-19-9-8-10-22(15-19)30-6)23(28)17-31-21-13-11-20(12-14-21)25(3,4)5/h8-15,18H,7,16-17H2,1-6H3,(H,26,29). The summed E-state index contributed by atoms with van der Waals surface area (Å²) in [7, 11) is 1.60. The molecular formula is C25H34N2O4. The number of hydrogen-bond acceptors (Lipinski definition) is 4. The second kappa shape index (κ2) is 10.8. The van der Waals surface area contributed by atoms with Crippen LogP contribution in [0.15, 0.2) is 48.5 Å². The molecule has 0 heterocycles. The van der Waals surface area contributed by atoms with Crippen molar-refractivity contribution in [3.8, 4) is 11.5 Å². The van der Waals surface area contributed by atoms with Crippen molar-refractivity contribution in [2.45, 2.75) is 52.6 Å². The predicted molar refractivity (Wildman–Crippen MR) is 122 cm³/mol. The Kier molecular flexibility index (Phi) is 8.48. The lowest BCUT2D eigenvalue weighted by molar-refractivity contribution is -0.142. The molecule has 0 bridgehead atoms. The molecule has 2 amide bonds. The van der Waals surface area contributed by atoms with E-state index in [0.717, 1.165) is 5.56 Å². The first-order valence-electron chi connectivity index (χ1n) is 10.6. The van der Waals surface area contributed by atoms with Crippen LogP contribution in [0.5, 0.6) is 11.5 Å². The van der Waals surface area contributed by atoms with Crippen LogP contribution in [0.1, 0.15) is 45.7 Å². The lowest BCUT2D eigenvalue weighted by atomic mass is 9.87. The van der Waals surface area contributed by atoms with E-state index in [1.807, 2.05) is 55.5 Å². The minimum atomic E-state index is -0.634. The Morgan fingerprint density at radius 3 is 2.32 bits per heavy atom. The van der Waals surface area contributed by atoms with E-state index >= 15 is 0 Å². The molecule has 1 atom stereocenters. The number of rotatable bonds is 9. The van der Waals surface area contributed by atoms with E-state index in [1.54, 1.807) is 14.0 Å². The van der Waals surface area contributed by atoms with Gasteiger partial charge in [-0.25, -0.2) is 0 Å². The Morgan fingerprint density at radius 2 is 1.74 bits per heavy atom. The number of hydrogen-bond donors (Lipinski definition) is 1. The van der Waals surface area contributed by atoms with Gasteiger partial charge in [-0.15, -0.1) is 0 Å². The van der Waals surface area contributed by atoms with Gasteiger partial charge in [0.15, 0.2) is 6.61 Å². The van der Waals surface area contributed by atoms with Crippen LogP contribution in [0, 0.1) is 0 Å². The minimum Gasteiger partial charge on any atom is -0.497 e. The van der Waals surface area contributed by atoms with Gasteiger partial charge >= 0.3 is 0 Å². The first kappa shape index (κ1) is 24.3. The summed E-state index contributed by atoms with van der Waals surface area (Å²) in [5, 5.41) is 2.78. The summed E-state index contributed by atoms with van der Waals surface area (Å²) in [6.45, 7) is 10.6.